The van der Waals surface area contributed by atoms with Crippen LogP contribution in [0, 0.1) is 0 Å². The first kappa shape index (κ1) is 8.88. The van der Waals surface area contributed by atoms with Gasteiger partial charge in [-0.1, -0.05) is 18.5 Å². The van der Waals surface area contributed by atoms with Gasteiger partial charge in [0.25, 0.3) is 0 Å². The second-order valence-electron chi connectivity index (χ2n) is 2.33. The van der Waals surface area contributed by atoms with Crippen molar-refractivity contribution < 1.29 is 0 Å². The van der Waals surface area contributed by atoms with Gasteiger partial charge in [-0.25, -0.2) is 0 Å². The lowest BCUT2D eigenvalue weighted by Gasteiger charge is -1.92. The molecule has 0 aliphatic carbocycles. The SMILES string of the molecule is CCc1nn(C)c(Cl)c1CCl. The molecule has 2 nitrogen and oxygen atoms in total. The molecule has 0 N–H and O–H groups in total. The molecule has 0 amide bonds. The first-order valence-electron chi connectivity index (χ1n) is 3.46. The van der Waals surface area contributed by atoms with Crippen LogP contribution in [0.2, 0.25) is 5.15 Å². The monoisotopic (exact) mass is 192 g/mol. The summed E-state index contributed by atoms with van der Waals surface area (Å²) in [5, 5.41) is 4.85. The van der Waals surface area contributed by atoms with Crippen LogP contribution in [-0.4, -0.2) is 9.78 Å². The van der Waals surface area contributed by atoms with Crippen LogP contribution in [0.25, 0.3) is 0 Å². The van der Waals surface area contributed by atoms with Crippen LogP contribution >= 0.6 is 23.2 Å². The number of hydrogen-bond acceptors (Lipinski definition) is 1. The highest BCUT2D eigenvalue weighted by molar-refractivity contribution is 6.31. The van der Waals surface area contributed by atoms with Crippen molar-refractivity contribution in [2.24, 2.45) is 7.05 Å². The second kappa shape index (κ2) is 3.46. The molecule has 0 aliphatic rings. The fourth-order valence-corrected chi connectivity index (χ4v) is 1.58. The lowest BCUT2D eigenvalue weighted by molar-refractivity contribution is 0.747. The van der Waals surface area contributed by atoms with E-state index in [9.17, 15) is 0 Å². The average Bonchev–Trinajstić information content (AvgIpc) is 2.28. The van der Waals surface area contributed by atoms with E-state index in [0.717, 1.165) is 17.7 Å². The minimum Gasteiger partial charge on any atom is -0.256 e. The summed E-state index contributed by atoms with van der Waals surface area (Å²) in [5.41, 5.74) is 1.95. The highest BCUT2D eigenvalue weighted by Gasteiger charge is 2.10. The summed E-state index contributed by atoms with van der Waals surface area (Å²) in [6.07, 6.45) is 0.878. The fourth-order valence-electron chi connectivity index (χ4n) is 1.02. The van der Waals surface area contributed by atoms with E-state index in [1.165, 1.54) is 0 Å². The Hall–Kier alpha value is -0.210. The summed E-state index contributed by atoms with van der Waals surface area (Å²) >= 11 is 11.6. The molecule has 1 heterocycles. The summed E-state index contributed by atoms with van der Waals surface area (Å²) < 4.78 is 1.65. The summed E-state index contributed by atoms with van der Waals surface area (Å²) in [5.74, 6) is 0.440. The molecule has 1 rings (SSSR count). The minimum absolute atomic E-state index is 0.440. The number of aromatic nitrogens is 2. The standard InChI is InChI=1S/C7H10Cl2N2/c1-3-6-5(4-8)7(9)11(2)10-6/h3-4H2,1-2H3. The molecule has 0 bridgehead atoms. The fraction of sp³-hybridized carbons (Fsp3) is 0.571. The molecule has 0 fully saturated rings. The van der Waals surface area contributed by atoms with Gasteiger partial charge in [-0.05, 0) is 6.42 Å². The third-order valence-corrected chi connectivity index (χ3v) is 2.36. The van der Waals surface area contributed by atoms with E-state index in [1.54, 1.807) is 4.68 Å². The molecule has 0 aromatic carbocycles. The largest absolute Gasteiger partial charge is 0.256 e. The number of halogens is 2. The molecule has 0 saturated heterocycles. The van der Waals surface area contributed by atoms with E-state index in [1.807, 2.05) is 14.0 Å². The molecule has 0 atom stereocenters. The van der Waals surface area contributed by atoms with Crippen molar-refractivity contribution in [1.82, 2.24) is 9.78 Å². The Morgan fingerprint density at radius 1 is 1.55 bits per heavy atom. The molecule has 0 unspecified atom stereocenters. The number of nitrogens with zero attached hydrogens (tertiary/aromatic N) is 2. The van der Waals surface area contributed by atoms with Crippen LogP contribution in [0.5, 0.6) is 0 Å². The number of aryl methyl sites for hydroxylation is 2. The van der Waals surface area contributed by atoms with E-state index in [2.05, 4.69) is 5.10 Å². The lowest BCUT2D eigenvalue weighted by Crippen LogP contribution is -1.90. The maximum Gasteiger partial charge on any atom is 0.131 e. The summed E-state index contributed by atoms with van der Waals surface area (Å²) in [4.78, 5) is 0. The Balaban J connectivity index is 3.15. The zero-order valence-electron chi connectivity index (χ0n) is 6.56. The van der Waals surface area contributed by atoms with Crippen molar-refractivity contribution in [3.8, 4) is 0 Å². The van der Waals surface area contributed by atoms with Crippen LogP contribution in [0.15, 0.2) is 0 Å². The van der Waals surface area contributed by atoms with Gasteiger partial charge >= 0.3 is 0 Å². The Bertz CT molecular complexity index is 255. The van der Waals surface area contributed by atoms with Crippen molar-refractivity contribution in [2.75, 3.05) is 0 Å². The zero-order valence-corrected chi connectivity index (χ0v) is 8.08. The zero-order chi connectivity index (χ0) is 8.43. The van der Waals surface area contributed by atoms with Crippen LogP contribution in [0.4, 0.5) is 0 Å². The molecule has 1 aromatic heterocycles. The highest BCUT2D eigenvalue weighted by atomic mass is 35.5. The van der Waals surface area contributed by atoms with Crippen molar-refractivity contribution in [3.63, 3.8) is 0 Å². The van der Waals surface area contributed by atoms with Crippen molar-refractivity contribution in [2.45, 2.75) is 19.2 Å². The Morgan fingerprint density at radius 2 is 2.18 bits per heavy atom. The Labute approximate surface area is 76.1 Å². The predicted octanol–water partition coefficient (Wildman–Crippen LogP) is 2.37. The highest BCUT2D eigenvalue weighted by Crippen LogP contribution is 2.21. The van der Waals surface area contributed by atoms with Gasteiger partial charge in [-0.15, -0.1) is 11.6 Å². The molecule has 0 radical (unpaired) electrons. The summed E-state index contributed by atoms with van der Waals surface area (Å²) in [7, 11) is 1.82. The maximum atomic E-state index is 5.91. The molecule has 0 spiro atoms. The first-order valence-corrected chi connectivity index (χ1v) is 4.38. The number of alkyl halides is 1. The molecule has 0 aliphatic heterocycles. The van der Waals surface area contributed by atoms with Crippen LogP contribution < -0.4 is 0 Å². The van der Waals surface area contributed by atoms with Gasteiger partial charge in [0, 0.05) is 12.6 Å². The number of hydrogen-bond donors (Lipinski definition) is 0. The van der Waals surface area contributed by atoms with Gasteiger partial charge in [-0.2, -0.15) is 5.10 Å². The smallest absolute Gasteiger partial charge is 0.131 e. The van der Waals surface area contributed by atoms with Gasteiger partial charge < -0.3 is 0 Å². The molecule has 0 saturated carbocycles. The molecule has 11 heavy (non-hydrogen) atoms. The minimum atomic E-state index is 0.440. The molecule has 4 heteroatoms. The maximum absolute atomic E-state index is 5.91. The van der Waals surface area contributed by atoms with E-state index < -0.39 is 0 Å². The molecule has 1 aromatic rings. The van der Waals surface area contributed by atoms with E-state index in [-0.39, 0.29) is 0 Å². The van der Waals surface area contributed by atoms with Crippen molar-refractivity contribution in [3.05, 3.63) is 16.4 Å². The average molecular weight is 193 g/mol. The van der Waals surface area contributed by atoms with E-state index in [0.29, 0.717) is 11.0 Å². The second-order valence-corrected chi connectivity index (χ2v) is 2.95. The van der Waals surface area contributed by atoms with E-state index >= 15 is 0 Å². The summed E-state index contributed by atoms with van der Waals surface area (Å²) in [6, 6.07) is 0. The molecule has 62 valence electrons. The normalized spacial score (nSPS) is 10.5. The van der Waals surface area contributed by atoms with Gasteiger partial charge in [0.05, 0.1) is 11.6 Å². The summed E-state index contributed by atoms with van der Waals surface area (Å²) in [6.45, 7) is 2.04. The molecular formula is C7H10Cl2N2. The third kappa shape index (κ3) is 1.52. The van der Waals surface area contributed by atoms with Gasteiger partial charge in [0.2, 0.25) is 0 Å². The van der Waals surface area contributed by atoms with Crippen LogP contribution in [0.1, 0.15) is 18.2 Å². The first-order chi connectivity index (χ1) is 5.20. The van der Waals surface area contributed by atoms with Gasteiger partial charge in [-0.3, -0.25) is 4.68 Å². The lowest BCUT2D eigenvalue weighted by atomic mass is 10.2. The predicted molar refractivity (Wildman–Crippen MR) is 47.2 cm³/mol. The van der Waals surface area contributed by atoms with Gasteiger partial charge in [0.1, 0.15) is 5.15 Å². The van der Waals surface area contributed by atoms with Crippen LogP contribution in [-0.2, 0) is 19.3 Å². The van der Waals surface area contributed by atoms with Crippen molar-refractivity contribution >= 4 is 23.2 Å². The number of rotatable bonds is 2. The quantitative estimate of drug-likeness (QED) is 0.659. The Kier molecular flexibility index (Phi) is 2.79. The third-order valence-electron chi connectivity index (χ3n) is 1.62. The van der Waals surface area contributed by atoms with Crippen LogP contribution in [0.3, 0.4) is 0 Å². The van der Waals surface area contributed by atoms with Crippen molar-refractivity contribution in [1.29, 1.82) is 0 Å². The van der Waals surface area contributed by atoms with E-state index in [4.69, 9.17) is 23.2 Å². The Morgan fingerprint density at radius 3 is 2.55 bits per heavy atom. The van der Waals surface area contributed by atoms with Gasteiger partial charge in [0.15, 0.2) is 0 Å². The molecular weight excluding hydrogens is 183 g/mol. The topological polar surface area (TPSA) is 17.8 Å².